The molecule has 0 atom stereocenters. The normalized spacial score (nSPS) is 11.8. The van der Waals surface area contributed by atoms with Gasteiger partial charge in [0.25, 0.3) is 0 Å². The molecule has 0 saturated carbocycles. The Morgan fingerprint density at radius 2 is 1.67 bits per heavy atom. The number of alkyl halides is 3. The number of nitrogens with zero attached hydrogens (tertiary/aromatic N) is 1. The highest BCUT2D eigenvalue weighted by atomic mass is 19.4. The third-order valence-electron chi connectivity index (χ3n) is 3.35. The van der Waals surface area contributed by atoms with Crippen LogP contribution in [0.2, 0.25) is 0 Å². The van der Waals surface area contributed by atoms with Crippen molar-refractivity contribution in [2.75, 3.05) is 0 Å². The Bertz CT molecular complexity index is 818. The number of hydrogen-bond acceptors (Lipinski definition) is 1. The topological polar surface area (TPSA) is 21.5 Å². The minimum absolute atomic E-state index is 0.0100. The molecule has 0 bridgehead atoms. The van der Waals surface area contributed by atoms with Crippen LogP contribution in [0.3, 0.4) is 0 Å². The Kier molecular flexibility index (Phi) is 3.05. The van der Waals surface area contributed by atoms with E-state index in [0.29, 0.717) is 11.8 Å². The third-order valence-corrected chi connectivity index (χ3v) is 3.35. The van der Waals surface area contributed by atoms with Gasteiger partial charge in [0, 0.05) is 17.3 Å². The zero-order valence-corrected chi connectivity index (χ0v) is 10.8. The van der Waals surface area contributed by atoms with Gasteiger partial charge in [-0.1, -0.05) is 24.3 Å². The molecule has 3 rings (SSSR count). The molecule has 2 heterocycles. The minimum Gasteiger partial charge on any atom is -0.314 e. The van der Waals surface area contributed by atoms with Crippen molar-refractivity contribution in [1.82, 2.24) is 4.40 Å². The first-order valence-electron chi connectivity index (χ1n) is 6.24. The van der Waals surface area contributed by atoms with Crippen LogP contribution in [0, 0.1) is 0 Å². The Hall–Kier alpha value is -2.56. The highest BCUT2D eigenvalue weighted by Crippen LogP contribution is 2.38. The van der Waals surface area contributed by atoms with E-state index in [4.69, 9.17) is 0 Å². The summed E-state index contributed by atoms with van der Waals surface area (Å²) in [4.78, 5) is 11.3. The molecule has 0 saturated heterocycles. The zero-order valence-electron chi connectivity index (χ0n) is 10.8. The predicted molar refractivity (Wildman–Crippen MR) is 73.2 cm³/mol. The van der Waals surface area contributed by atoms with Crippen LogP contribution >= 0.6 is 0 Å². The molecule has 0 radical (unpaired) electrons. The number of carbonyl (C=O) groups is 1. The van der Waals surface area contributed by atoms with Gasteiger partial charge in [-0.2, -0.15) is 13.2 Å². The largest absolute Gasteiger partial charge is 0.417 e. The second-order valence-corrected chi connectivity index (χ2v) is 4.60. The maximum absolute atomic E-state index is 13.1. The first kappa shape index (κ1) is 13.4. The molecule has 0 fully saturated rings. The molecule has 21 heavy (non-hydrogen) atoms. The highest BCUT2D eigenvalue weighted by Gasteiger charge is 2.34. The molecule has 5 heteroatoms. The summed E-state index contributed by atoms with van der Waals surface area (Å²) in [7, 11) is 0. The van der Waals surface area contributed by atoms with Gasteiger partial charge in [0.1, 0.15) is 0 Å². The van der Waals surface area contributed by atoms with E-state index in [0.717, 1.165) is 6.07 Å². The summed E-state index contributed by atoms with van der Waals surface area (Å²) < 4.78 is 41.0. The summed E-state index contributed by atoms with van der Waals surface area (Å²) in [6, 6.07) is 12.1. The molecule has 0 spiro atoms. The van der Waals surface area contributed by atoms with Gasteiger partial charge in [0.05, 0.1) is 11.3 Å². The molecule has 0 N–H and O–H groups in total. The first-order valence-corrected chi connectivity index (χ1v) is 6.24. The number of halogens is 3. The number of benzene rings is 1. The summed E-state index contributed by atoms with van der Waals surface area (Å²) in [5.74, 6) is 0. The molecule has 0 aliphatic rings. The maximum atomic E-state index is 13.1. The van der Waals surface area contributed by atoms with E-state index in [9.17, 15) is 18.0 Å². The van der Waals surface area contributed by atoms with E-state index in [2.05, 4.69) is 0 Å². The van der Waals surface area contributed by atoms with E-state index in [1.165, 1.54) is 18.2 Å². The van der Waals surface area contributed by atoms with E-state index in [1.54, 1.807) is 34.9 Å². The Morgan fingerprint density at radius 1 is 0.952 bits per heavy atom. The number of aldehydes is 1. The molecule has 0 unspecified atom stereocenters. The average Bonchev–Trinajstić information content (AvgIpc) is 2.84. The van der Waals surface area contributed by atoms with Gasteiger partial charge in [-0.25, -0.2) is 0 Å². The number of rotatable bonds is 2. The molecule has 106 valence electrons. The Labute approximate surface area is 118 Å². The van der Waals surface area contributed by atoms with Crippen LogP contribution in [0.15, 0.2) is 54.7 Å². The predicted octanol–water partition coefficient (Wildman–Crippen LogP) is 4.44. The van der Waals surface area contributed by atoms with Gasteiger partial charge in [-0.3, -0.25) is 4.79 Å². The van der Waals surface area contributed by atoms with Gasteiger partial charge in [-0.15, -0.1) is 0 Å². The van der Waals surface area contributed by atoms with Crippen LogP contribution in [-0.4, -0.2) is 10.7 Å². The lowest BCUT2D eigenvalue weighted by molar-refractivity contribution is -0.137. The fraction of sp³-hybridized carbons (Fsp3) is 0.0625. The van der Waals surface area contributed by atoms with Crippen LogP contribution in [0.1, 0.15) is 16.1 Å². The van der Waals surface area contributed by atoms with Crippen molar-refractivity contribution in [2.24, 2.45) is 0 Å². The highest BCUT2D eigenvalue weighted by molar-refractivity contribution is 5.90. The first-order chi connectivity index (χ1) is 10.0. The smallest absolute Gasteiger partial charge is 0.314 e. The van der Waals surface area contributed by atoms with Gasteiger partial charge in [0.2, 0.25) is 0 Å². The lowest BCUT2D eigenvalue weighted by Gasteiger charge is -2.12. The summed E-state index contributed by atoms with van der Waals surface area (Å²) in [5, 5.41) is 0. The molecule has 0 amide bonds. The van der Waals surface area contributed by atoms with Crippen LogP contribution in [0.5, 0.6) is 0 Å². The van der Waals surface area contributed by atoms with Gasteiger partial charge in [-0.05, 0) is 29.8 Å². The molecular weight excluding hydrogens is 279 g/mol. The second-order valence-electron chi connectivity index (χ2n) is 4.60. The molecule has 0 aliphatic carbocycles. The van der Waals surface area contributed by atoms with Gasteiger partial charge < -0.3 is 4.40 Å². The molecular formula is C16H10F3NO. The van der Waals surface area contributed by atoms with Crippen LogP contribution in [-0.2, 0) is 6.18 Å². The maximum Gasteiger partial charge on any atom is 0.417 e. The number of pyridine rings is 1. The molecule has 0 aliphatic heterocycles. The lowest BCUT2D eigenvalue weighted by atomic mass is 9.99. The molecule has 2 aromatic heterocycles. The fourth-order valence-electron chi connectivity index (χ4n) is 2.45. The van der Waals surface area contributed by atoms with Crippen molar-refractivity contribution in [3.63, 3.8) is 0 Å². The third kappa shape index (κ3) is 2.20. The molecule has 1 aromatic carbocycles. The molecule has 3 aromatic rings. The summed E-state index contributed by atoms with van der Waals surface area (Å²) in [5.41, 5.74) is 0.429. The van der Waals surface area contributed by atoms with Gasteiger partial charge >= 0.3 is 6.18 Å². The number of carbonyl (C=O) groups excluding carboxylic acids is 1. The zero-order chi connectivity index (χ0) is 15.0. The SMILES string of the molecule is O=Cc1c(-c2ccccc2C(F)(F)F)cc2ccccn12. The van der Waals surface area contributed by atoms with Crippen molar-refractivity contribution < 1.29 is 18.0 Å². The monoisotopic (exact) mass is 289 g/mol. The number of hydrogen-bond donors (Lipinski definition) is 0. The van der Waals surface area contributed by atoms with Gasteiger partial charge in [0.15, 0.2) is 6.29 Å². The standard InChI is InChI=1S/C16H10F3NO/c17-16(18,19)14-7-2-1-6-12(14)13-9-11-5-3-4-8-20(11)15(13)10-21/h1-10H. The van der Waals surface area contributed by atoms with E-state index in [-0.39, 0.29) is 16.8 Å². The van der Waals surface area contributed by atoms with E-state index in [1.807, 2.05) is 0 Å². The number of aromatic nitrogens is 1. The van der Waals surface area contributed by atoms with Crippen LogP contribution in [0.4, 0.5) is 13.2 Å². The summed E-state index contributed by atoms with van der Waals surface area (Å²) in [6.45, 7) is 0. The van der Waals surface area contributed by atoms with Crippen molar-refractivity contribution >= 4 is 11.8 Å². The van der Waals surface area contributed by atoms with E-state index >= 15 is 0 Å². The average molecular weight is 289 g/mol. The van der Waals surface area contributed by atoms with Crippen LogP contribution in [0.25, 0.3) is 16.6 Å². The molecule has 2 nitrogen and oxygen atoms in total. The summed E-state index contributed by atoms with van der Waals surface area (Å²) >= 11 is 0. The minimum atomic E-state index is -4.47. The van der Waals surface area contributed by atoms with Crippen molar-refractivity contribution in [1.29, 1.82) is 0 Å². The Balaban J connectivity index is 2.34. The lowest BCUT2D eigenvalue weighted by Crippen LogP contribution is -2.07. The fourth-order valence-corrected chi connectivity index (χ4v) is 2.45. The van der Waals surface area contributed by atoms with Crippen molar-refractivity contribution in [3.05, 3.63) is 66.0 Å². The quantitative estimate of drug-likeness (QED) is 0.639. The Morgan fingerprint density at radius 3 is 2.38 bits per heavy atom. The second kappa shape index (κ2) is 4.77. The van der Waals surface area contributed by atoms with E-state index < -0.39 is 11.7 Å². The van der Waals surface area contributed by atoms with Crippen LogP contribution < -0.4 is 0 Å². The van der Waals surface area contributed by atoms with Crippen molar-refractivity contribution in [3.8, 4) is 11.1 Å². The summed E-state index contributed by atoms with van der Waals surface area (Å²) in [6.07, 6.45) is -2.24. The van der Waals surface area contributed by atoms with Crippen molar-refractivity contribution in [2.45, 2.75) is 6.18 Å². The number of fused-ring (bicyclic) bond motifs is 1.